The summed E-state index contributed by atoms with van der Waals surface area (Å²) in [5.74, 6) is -0.342. The number of nitrogens with zero attached hydrogens (tertiary/aromatic N) is 2. The highest BCUT2D eigenvalue weighted by Gasteiger charge is 2.05. The normalized spacial score (nSPS) is 10.0. The number of carbonyl (C=O) groups is 1. The Hall–Kier alpha value is -1.75. The van der Waals surface area contributed by atoms with Gasteiger partial charge in [0.25, 0.3) is 0 Å². The predicted molar refractivity (Wildman–Crippen MR) is 66.5 cm³/mol. The van der Waals surface area contributed by atoms with Crippen LogP contribution in [0.25, 0.3) is 11.1 Å². The van der Waals surface area contributed by atoms with Crippen LogP contribution in [-0.2, 0) is 4.74 Å². The average molecular weight is 293 g/mol. The zero-order chi connectivity index (χ0) is 12.3. The molecule has 0 N–H and O–H groups in total. The van der Waals surface area contributed by atoms with Crippen molar-refractivity contribution in [3.8, 4) is 11.1 Å². The zero-order valence-electron chi connectivity index (χ0n) is 9.05. The molecular weight excluding hydrogens is 284 g/mol. The number of halogens is 1. The third kappa shape index (κ3) is 2.68. The van der Waals surface area contributed by atoms with Crippen molar-refractivity contribution < 1.29 is 9.53 Å². The Bertz CT molecular complexity index is 540. The van der Waals surface area contributed by atoms with E-state index in [9.17, 15) is 4.79 Å². The van der Waals surface area contributed by atoms with Gasteiger partial charge in [0, 0.05) is 5.56 Å². The lowest BCUT2D eigenvalue weighted by Gasteiger charge is -2.03. The van der Waals surface area contributed by atoms with Gasteiger partial charge in [0.1, 0.15) is 4.60 Å². The summed E-state index contributed by atoms with van der Waals surface area (Å²) in [5.41, 5.74) is 2.42. The number of hydrogen-bond donors (Lipinski definition) is 0. The zero-order valence-corrected chi connectivity index (χ0v) is 10.6. The van der Waals surface area contributed by atoms with E-state index >= 15 is 0 Å². The Morgan fingerprint density at radius 3 is 2.53 bits per heavy atom. The third-order valence-electron chi connectivity index (χ3n) is 2.26. The minimum Gasteiger partial charge on any atom is -0.465 e. The number of aromatic nitrogens is 2. The molecule has 0 saturated carbocycles. The summed E-state index contributed by atoms with van der Waals surface area (Å²) in [7, 11) is 1.36. The van der Waals surface area contributed by atoms with E-state index in [4.69, 9.17) is 0 Å². The smallest absolute Gasteiger partial charge is 0.337 e. The monoisotopic (exact) mass is 292 g/mol. The fourth-order valence-corrected chi connectivity index (χ4v) is 1.75. The highest BCUT2D eigenvalue weighted by atomic mass is 79.9. The summed E-state index contributed by atoms with van der Waals surface area (Å²) in [4.78, 5) is 11.3. The Morgan fingerprint density at radius 1 is 1.24 bits per heavy atom. The van der Waals surface area contributed by atoms with Gasteiger partial charge in [-0.25, -0.2) is 4.79 Å². The van der Waals surface area contributed by atoms with E-state index in [1.165, 1.54) is 7.11 Å². The topological polar surface area (TPSA) is 52.1 Å². The van der Waals surface area contributed by atoms with E-state index in [2.05, 4.69) is 30.9 Å². The molecular formula is C12H9BrN2O2. The van der Waals surface area contributed by atoms with Crippen LogP contribution in [0.5, 0.6) is 0 Å². The van der Waals surface area contributed by atoms with Crippen LogP contribution in [0.2, 0.25) is 0 Å². The first-order valence-corrected chi connectivity index (χ1v) is 5.67. The molecule has 0 radical (unpaired) electrons. The number of carbonyl (C=O) groups excluding carboxylic acids is 1. The molecule has 1 heterocycles. The minimum atomic E-state index is -0.342. The highest BCUT2D eigenvalue weighted by Crippen LogP contribution is 2.21. The Labute approximate surface area is 107 Å². The summed E-state index contributed by atoms with van der Waals surface area (Å²) < 4.78 is 5.31. The van der Waals surface area contributed by atoms with Gasteiger partial charge in [-0.05, 0) is 39.7 Å². The molecule has 17 heavy (non-hydrogen) atoms. The molecule has 0 aliphatic carbocycles. The molecule has 0 amide bonds. The van der Waals surface area contributed by atoms with E-state index < -0.39 is 0 Å². The molecule has 4 nitrogen and oxygen atoms in total. The molecule has 0 bridgehead atoms. The van der Waals surface area contributed by atoms with Gasteiger partial charge in [-0.2, -0.15) is 5.10 Å². The molecule has 0 fully saturated rings. The van der Waals surface area contributed by atoms with Crippen LogP contribution >= 0.6 is 15.9 Å². The largest absolute Gasteiger partial charge is 0.465 e. The van der Waals surface area contributed by atoms with Crippen LogP contribution in [0, 0.1) is 0 Å². The maximum atomic E-state index is 11.3. The number of methoxy groups -OCH3 is 1. The van der Waals surface area contributed by atoms with Gasteiger partial charge in [0.2, 0.25) is 0 Å². The lowest BCUT2D eigenvalue weighted by Crippen LogP contribution is -2.00. The Balaban J connectivity index is 2.32. The van der Waals surface area contributed by atoms with Crippen molar-refractivity contribution in [2.24, 2.45) is 0 Å². The van der Waals surface area contributed by atoms with Gasteiger partial charge < -0.3 is 4.74 Å². The molecule has 0 atom stereocenters. The second kappa shape index (κ2) is 5.05. The number of benzene rings is 1. The molecule has 1 aromatic heterocycles. The Kier molecular flexibility index (Phi) is 3.49. The first kappa shape index (κ1) is 11.7. The van der Waals surface area contributed by atoms with Gasteiger partial charge in [0.05, 0.1) is 18.9 Å². The van der Waals surface area contributed by atoms with Crippen LogP contribution in [-0.4, -0.2) is 23.3 Å². The molecule has 0 saturated heterocycles. The predicted octanol–water partition coefficient (Wildman–Crippen LogP) is 2.69. The van der Waals surface area contributed by atoms with Gasteiger partial charge in [-0.1, -0.05) is 12.1 Å². The number of hydrogen-bond acceptors (Lipinski definition) is 4. The van der Waals surface area contributed by atoms with Crippen molar-refractivity contribution in [1.82, 2.24) is 10.2 Å². The van der Waals surface area contributed by atoms with Crippen molar-refractivity contribution in [1.29, 1.82) is 0 Å². The number of rotatable bonds is 2. The standard InChI is InChI=1S/C12H9BrN2O2/c1-17-12(16)9-4-2-8(3-5-9)10-6-11(13)15-14-7-10/h2-7H,1H3. The van der Waals surface area contributed by atoms with Gasteiger partial charge in [0.15, 0.2) is 0 Å². The number of ether oxygens (including phenoxy) is 1. The summed E-state index contributed by atoms with van der Waals surface area (Å²) in [6, 6.07) is 8.98. The second-order valence-electron chi connectivity index (χ2n) is 3.34. The van der Waals surface area contributed by atoms with E-state index in [1.807, 2.05) is 18.2 Å². The quantitative estimate of drug-likeness (QED) is 0.799. The van der Waals surface area contributed by atoms with E-state index in [1.54, 1.807) is 18.3 Å². The van der Waals surface area contributed by atoms with E-state index in [-0.39, 0.29) is 5.97 Å². The fourth-order valence-electron chi connectivity index (χ4n) is 1.42. The minimum absolute atomic E-state index is 0.342. The number of esters is 1. The van der Waals surface area contributed by atoms with Crippen LogP contribution in [0.4, 0.5) is 0 Å². The van der Waals surface area contributed by atoms with Crippen LogP contribution in [0.1, 0.15) is 10.4 Å². The maximum Gasteiger partial charge on any atom is 0.337 e. The van der Waals surface area contributed by atoms with Crippen molar-refractivity contribution >= 4 is 21.9 Å². The van der Waals surface area contributed by atoms with Gasteiger partial charge in [-0.3, -0.25) is 0 Å². The van der Waals surface area contributed by atoms with E-state index in [0.29, 0.717) is 10.2 Å². The van der Waals surface area contributed by atoms with Gasteiger partial charge in [-0.15, -0.1) is 5.10 Å². The van der Waals surface area contributed by atoms with Crippen molar-refractivity contribution in [3.63, 3.8) is 0 Å². The maximum absolute atomic E-state index is 11.3. The molecule has 0 aliphatic heterocycles. The van der Waals surface area contributed by atoms with Crippen molar-refractivity contribution in [2.75, 3.05) is 7.11 Å². The molecule has 86 valence electrons. The van der Waals surface area contributed by atoms with Crippen molar-refractivity contribution in [3.05, 3.63) is 46.7 Å². The van der Waals surface area contributed by atoms with Crippen molar-refractivity contribution in [2.45, 2.75) is 0 Å². The van der Waals surface area contributed by atoms with Crippen LogP contribution in [0.15, 0.2) is 41.1 Å². The van der Waals surface area contributed by atoms with Gasteiger partial charge >= 0.3 is 5.97 Å². The molecule has 2 aromatic rings. The summed E-state index contributed by atoms with van der Waals surface area (Å²) >= 11 is 3.26. The fraction of sp³-hybridized carbons (Fsp3) is 0.0833. The molecule has 1 aromatic carbocycles. The lowest BCUT2D eigenvalue weighted by atomic mass is 10.1. The van der Waals surface area contributed by atoms with Crippen LogP contribution < -0.4 is 0 Å². The molecule has 5 heteroatoms. The molecule has 0 unspecified atom stereocenters. The SMILES string of the molecule is COC(=O)c1ccc(-c2cnnc(Br)c2)cc1. The first-order valence-electron chi connectivity index (χ1n) is 4.87. The Morgan fingerprint density at radius 2 is 1.94 bits per heavy atom. The highest BCUT2D eigenvalue weighted by molar-refractivity contribution is 9.10. The van der Waals surface area contributed by atoms with E-state index in [0.717, 1.165) is 11.1 Å². The summed E-state index contributed by atoms with van der Waals surface area (Å²) in [6.07, 6.45) is 1.66. The lowest BCUT2D eigenvalue weighted by molar-refractivity contribution is 0.0601. The second-order valence-corrected chi connectivity index (χ2v) is 4.15. The first-order chi connectivity index (χ1) is 8.20. The third-order valence-corrected chi connectivity index (χ3v) is 2.65. The summed E-state index contributed by atoms with van der Waals surface area (Å²) in [6.45, 7) is 0. The summed E-state index contributed by atoms with van der Waals surface area (Å²) in [5, 5.41) is 7.66. The molecule has 2 rings (SSSR count). The molecule has 0 aliphatic rings. The van der Waals surface area contributed by atoms with Crippen LogP contribution in [0.3, 0.4) is 0 Å². The average Bonchev–Trinajstić information content (AvgIpc) is 2.38. The molecule has 0 spiro atoms.